The van der Waals surface area contributed by atoms with Crippen LogP contribution in [0.15, 0.2) is 58.0 Å². The molecular formula is C15H10BrNOS. The molecular weight excluding hydrogens is 322 g/mol. The van der Waals surface area contributed by atoms with Gasteiger partial charge in [0.15, 0.2) is 0 Å². The predicted molar refractivity (Wildman–Crippen MR) is 84.9 cm³/mol. The monoisotopic (exact) mass is 331 g/mol. The molecule has 0 fully saturated rings. The maximum Gasteiger partial charge on any atom is 0.142 e. The Morgan fingerprint density at radius 3 is 2.74 bits per heavy atom. The van der Waals surface area contributed by atoms with E-state index in [4.69, 9.17) is 0 Å². The van der Waals surface area contributed by atoms with Crippen molar-refractivity contribution < 1.29 is 5.11 Å². The highest BCUT2D eigenvalue weighted by atomic mass is 79.9. The van der Waals surface area contributed by atoms with Crippen LogP contribution in [0.2, 0.25) is 0 Å². The first-order valence-corrected chi connectivity index (χ1v) is 7.35. The van der Waals surface area contributed by atoms with Crippen molar-refractivity contribution >= 4 is 49.3 Å². The highest BCUT2D eigenvalue weighted by Gasteiger charge is 2.08. The van der Waals surface area contributed by atoms with Crippen molar-refractivity contribution in [1.29, 1.82) is 0 Å². The molecule has 3 rings (SSSR count). The smallest absolute Gasteiger partial charge is 0.142 e. The molecule has 0 bridgehead atoms. The fraction of sp³-hybridized carbons (Fsp3) is 0. The molecule has 2 nitrogen and oxygen atoms in total. The van der Waals surface area contributed by atoms with Crippen molar-refractivity contribution in [2.75, 3.05) is 0 Å². The third kappa shape index (κ3) is 2.55. The van der Waals surface area contributed by atoms with Gasteiger partial charge < -0.3 is 5.11 Å². The van der Waals surface area contributed by atoms with Gasteiger partial charge in [0, 0.05) is 20.8 Å². The molecule has 3 aromatic rings. The van der Waals surface area contributed by atoms with Gasteiger partial charge in [0.2, 0.25) is 0 Å². The topological polar surface area (TPSA) is 32.6 Å². The average Bonchev–Trinajstić information content (AvgIpc) is 2.74. The molecule has 94 valence electrons. The number of hydrogen-bond donors (Lipinski definition) is 1. The summed E-state index contributed by atoms with van der Waals surface area (Å²) in [7, 11) is 0. The Labute approximate surface area is 123 Å². The van der Waals surface area contributed by atoms with Crippen LogP contribution < -0.4 is 0 Å². The van der Waals surface area contributed by atoms with Crippen LogP contribution in [0.1, 0.15) is 4.88 Å². The highest BCUT2D eigenvalue weighted by molar-refractivity contribution is 9.10. The average molecular weight is 332 g/mol. The summed E-state index contributed by atoms with van der Waals surface area (Å²) in [5, 5.41) is 11.0. The van der Waals surface area contributed by atoms with E-state index in [1.54, 1.807) is 6.21 Å². The molecule has 0 aliphatic rings. The van der Waals surface area contributed by atoms with Gasteiger partial charge in [-0.15, -0.1) is 11.3 Å². The predicted octanol–water partition coefficient (Wildman–Crippen LogP) is 5.12. The third-order valence-corrected chi connectivity index (χ3v) is 4.32. The fourth-order valence-corrected chi connectivity index (χ4v) is 3.19. The second kappa shape index (κ2) is 5.15. The Morgan fingerprint density at radius 1 is 1.11 bits per heavy atom. The normalized spacial score (nSPS) is 11.4. The lowest BCUT2D eigenvalue weighted by molar-refractivity contribution is 0.483. The van der Waals surface area contributed by atoms with Crippen molar-refractivity contribution in [2.24, 2.45) is 4.99 Å². The molecule has 0 aliphatic heterocycles. The lowest BCUT2D eigenvalue weighted by Gasteiger charge is -1.94. The van der Waals surface area contributed by atoms with Crippen LogP contribution in [-0.2, 0) is 0 Å². The standard InChI is InChI=1S/C15H10BrNOS/c16-10-4-3-5-11(8-10)17-9-14-15(18)12-6-1-2-7-13(12)19-14/h1-9,18H. The van der Waals surface area contributed by atoms with E-state index in [1.165, 1.54) is 11.3 Å². The molecule has 2 aromatic carbocycles. The SMILES string of the molecule is Oc1c(C=Nc2cccc(Br)c2)sc2ccccc12. The van der Waals surface area contributed by atoms with Crippen molar-refractivity contribution in [2.45, 2.75) is 0 Å². The van der Waals surface area contributed by atoms with E-state index in [2.05, 4.69) is 20.9 Å². The number of aliphatic imine (C=N–C) groups is 1. The van der Waals surface area contributed by atoms with Gasteiger partial charge in [-0.2, -0.15) is 0 Å². The van der Waals surface area contributed by atoms with E-state index in [0.717, 1.165) is 25.1 Å². The molecule has 0 amide bonds. The molecule has 1 heterocycles. The number of hydrogen-bond acceptors (Lipinski definition) is 3. The van der Waals surface area contributed by atoms with Gasteiger partial charge >= 0.3 is 0 Å². The third-order valence-electron chi connectivity index (χ3n) is 2.73. The minimum atomic E-state index is 0.305. The zero-order valence-corrected chi connectivity index (χ0v) is 12.3. The Balaban J connectivity index is 1.99. The molecule has 0 spiro atoms. The summed E-state index contributed by atoms with van der Waals surface area (Å²) < 4.78 is 2.05. The first-order valence-electron chi connectivity index (χ1n) is 5.74. The number of halogens is 1. The Hall–Kier alpha value is -1.65. The summed E-state index contributed by atoms with van der Waals surface area (Å²) in [5.74, 6) is 0.305. The summed E-state index contributed by atoms with van der Waals surface area (Å²) in [6.45, 7) is 0. The van der Waals surface area contributed by atoms with Gasteiger partial charge in [-0.05, 0) is 30.3 Å². The van der Waals surface area contributed by atoms with E-state index in [9.17, 15) is 5.11 Å². The van der Waals surface area contributed by atoms with E-state index in [0.29, 0.717) is 5.75 Å². The number of nitrogens with zero attached hydrogens (tertiary/aromatic N) is 1. The van der Waals surface area contributed by atoms with Crippen LogP contribution in [0.25, 0.3) is 10.1 Å². The summed E-state index contributed by atoms with van der Waals surface area (Å²) in [6.07, 6.45) is 1.71. The van der Waals surface area contributed by atoms with Crippen molar-refractivity contribution in [1.82, 2.24) is 0 Å². The number of rotatable bonds is 2. The van der Waals surface area contributed by atoms with E-state index < -0.39 is 0 Å². The quantitative estimate of drug-likeness (QED) is 0.649. The van der Waals surface area contributed by atoms with Crippen LogP contribution in [-0.4, -0.2) is 11.3 Å². The Bertz CT molecular complexity index is 764. The number of aromatic hydroxyl groups is 1. The maximum atomic E-state index is 10.1. The lowest BCUT2D eigenvalue weighted by atomic mass is 10.2. The fourth-order valence-electron chi connectivity index (χ4n) is 1.83. The van der Waals surface area contributed by atoms with Crippen LogP contribution in [0.4, 0.5) is 5.69 Å². The summed E-state index contributed by atoms with van der Waals surface area (Å²) in [4.78, 5) is 5.17. The van der Waals surface area contributed by atoms with Gasteiger partial charge in [-0.25, -0.2) is 0 Å². The molecule has 1 N–H and O–H groups in total. The van der Waals surface area contributed by atoms with E-state index in [1.807, 2.05) is 48.5 Å². The minimum absolute atomic E-state index is 0.305. The molecule has 0 unspecified atom stereocenters. The van der Waals surface area contributed by atoms with Crippen molar-refractivity contribution in [3.05, 3.63) is 57.9 Å². The number of fused-ring (bicyclic) bond motifs is 1. The molecule has 1 aromatic heterocycles. The molecule has 0 radical (unpaired) electrons. The zero-order valence-electron chi connectivity index (χ0n) is 9.88. The Morgan fingerprint density at radius 2 is 1.95 bits per heavy atom. The van der Waals surface area contributed by atoms with Crippen molar-refractivity contribution in [3.8, 4) is 5.75 Å². The first-order chi connectivity index (χ1) is 9.24. The number of benzene rings is 2. The highest BCUT2D eigenvalue weighted by Crippen LogP contribution is 2.35. The maximum absolute atomic E-state index is 10.1. The minimum Gasteiger partial charge on any atom is -0.506 e. The van der Waals surface area contributed by atoms with Gasteiger partial charge in [0.1, 0.15) is 5.75 Å². The molecule has 0 saturated carbocycles. The van der Waals surface area contributed by atoms with Crippen LogP contribution in [0.3, 0.4) is 0 Å². The molecule has 0 saturated heterocycles. The molecule has 0 atom stereocenters. The second-order valence-corrected chi connectivity index (χ2v) is 6.05. The van der Waals surface area contributed by atoms with Crippen LogP contribution in [0, 0.1) is 0 Å². The van der Waals surface area contributed by atoms with Gasteiger partial charge in [-0.3, -0.25) is 4.99 Å². The largest absolute Gasteiger partial charge is 0.506 e. The van der Waals surface area contributed by atoms with Gasteiger partial charge in [-0.1, -0.05) is 34.1 Å². The summed E-state index contributed by atoms with van der Waals surface area (Å²) in [5.41, 5.74) is 0.853. The molecule has 0 aliphatic carbocycles. The van der Waals surface area contributed by atoms with E-state index in [-0.39, 0.29) is 0 Å². The summed E-state index contributed by atoms with van der Waals surface area (Å²) in [6, 6.07) is 15.5. The first kappa shape index (κ1) is 12.4. The zero-order chi connectivity index (χ0) is 13.2. The van der Waals surface area contributed by atoms with Crippen LogP contribution in [0.5, 0.6) is 5.75 Å². The van der Waals surface area contributed by atoms with Gasteiger partial charge in [0.25, 0.3) is 0 Å². The molecule has 4 heteroatoms. The lowest BCUT2D eigenvalue weighted by Crippen LogP contribution is -1.74. The summed E-state index contributed by atoms with van der Waals surface area (Å²) >= 11 is 4.95. The Kier molecular flexibility index (Phi) is 3.36. The van der Waals surface area contributed by atoms with Gasteiger partial charge in [0.05, 0.1) is 10.6 Å². The van der Waals surface area contributed by atoms with Crippen LogP contribution >= 0.6 is 27.3 Å². The second-order valence-electron chi connectivity index (χ2n) is 4.05. The molecule has 19 heavy (non-hydrogen) atoms. The van der Waals surface area contributed by atoms with Crippen molar-refractivity contribution in [3.63, 3.8) is 0 Å². The number of thiophene rings is 1. The van der Waals surface area contributed by atoms with E-state index >= 15 is 0 Å².